The maximum absolute atomic E-state index is 13.3. The zero-order valence-electron chi connectivity index (χ0n) is 16.7. The van der Waals surface area contributed by atoms with E-state index in [1.807, 2.05) is 50.7 Å². The molecule has 0 saturated heterocycles. The van der Waals surface area contributed by atoms with Gasteiger partial charge < -0.3 is 4.74 Å². The highest BCUT2D eigenvalue weighted by molar-refractivity contribution is 6.12. The number of rotatable bonds is 4. The largest absolute Gasteiger partial charge is 0.495 e. The monoisotopic (exact) mass is 377 g/mol. The van der Waals surface area contributed by atoms with Crippen LogP contribution in [0.4, 0.5) is 5.69 Å². The summed E-state index contributed by atoms with van der Waals surface area (Å²) in [6, 6.07) is 3.83. The second kappa shape index (κ2) is 6.44. The number of ether oxygens (including phenoxy) is 1. The van der Waals surface area contributed by atoms with Crippen molar-refractivity contribution in [1.82, 2.24) is 19.7 Å². The van der Waals surface area contributed by atoms with Crippen molar-refractivity contribution in [1.29, 1.82) is 0 Å². The van der Waals surface area contributed by atoms with Crippen LogP contribution in [0.2, 0.25) is 0 Å². The molecule has 0 saturated carbocycles. The van der Waals surface area contributed by atoms with Crippen LogP contribution in [0.25, 0.3) is 11.3 Å². The van der Waals surface area contributed by atoms with E-state index in [-0.39, 0.29) is 5.91 Å². The third kappa shape index (κ3) is 2.66. The first kappa shape index (κ1) is 18.2. The van der Waals surface area contributed by atoms with E-state index in [1.165, 1.54) is 0 Å². The summed E-state index contributed by atoms with van der Waals surface area (Å²) >= 11 is 0. The predicted octanol–water partition coefficient (Wildman–Crippen LogP) is 3.57. The maximum Gasteiger partial charge on any atom is 0.261 e. The van der Waals surface area contributed by atoms with E-state index >= 15 is 0 Å². The Labute approximate surface area is 164 Å². The van der Waals surface area contributed by atoms with Gasteiger partial charge in [-0.3, -0.25) is 19.4 Å². The molecule has 3 aromatic heterocycles. The Hall–Kier alpha value is -3.22. The molecule has 4 heterocycles. The van der Waals surface area contributed by atoms with Gasteiger partial charge >= 0.3 is 0 Å². The summed E-state index contributed by atoms with van der Waals surface area (Å²) in [5.74, 6) is 0.623. The van der Waals surface area contributed by atoms with Gasteiger partial charge in [-0.05, 0) is 45.4 Å². The van der Waals surface area contributed by atoms with E-state index in [9.17, 15) is 4.79 Å². The Bertz CT molecular complexity index is 1070. The molecule has 1 aliphatic rings. The van der Waals surface area contributed by atoms with Gasteiger partial charge in [-0.15, -0.1) is 0 Å². The van der Waals surface area contributed by atoms with Crippen molar-refractivity contribution < 1.29 is 9.53 Å². The molecule has 4 rings (SSSR count). The molecule has 0 unspecified atom stereocenters. The lowest BCUT2D eigenvalue weighted by molar-refractivity contribution is 0.0981. The minimum absolute atomic E-state index is 0.0454. The lowest BCUT2D eigenvalue weighted by Gasteiger charge is -2.30. The average Bonchev–Trinajstić information content (AvgIpc) is 3.22. The molecule has 0 aromatic carbocycles. The molecule has 0 atom stereocenters. The Morgan fingerprint density at radius 1 is 1.18 bits per heavy atom. The number of fused-ring (bicyclic) bond motifs is 1. The Morgan fingerprint density at radius 2 is 1.96 bits per heavy atom. The van der Waals surface area contributed by atoms with E-state index in [4.69, 9.17) is 9.72 Å². The fraction of sp³-hybridized carbons (Fsp3) is 0.333. The molecule has 0 fully saturated rings. The Balaban J connectivity index is 1.84. The van der Waals surface area contributed by atoms with Gasteiger partial charge in [0.05, 0.1) is 47.7 Å². The van der Waals surface area contributed by atoms with Crippen LogP contribution < -0.4 is 9.64 Å². The maximum atomic E-state index is 13.3. The van der Waals surface area contributed by atoms with Crippen LogP contribution in [0.5, 0.6) is 5.75 Å². The van der Waals surface area contributed by atoms with E-state index in [0.29, 0.717) is 11.3 Å². The highest BCUT2D eigenvalue weighted by atomic mass is 16.5. The van der Waals surface area contributed by atoms with Crippen LogP contribution in [-0.4, -0.2) is 32.8 Å². The minimum Gasteiger partial charge on any atom is -0.495 e. The Morgan fingerprint density at radius 3 is 2.64 bits per heavy atom. The van der Waals surface area contributed by atoms with Gasteiger partial charge in [0.25, 0.3) is 5.91 Å². The highest BCUT2D eigenvalue weighted by Crippen LogP contribution is 2.43. The first-order valence-corrected chi connectivity index (χ1v) is 9.25. The third-order valence-corrected chi connectivity index (χ3v) is 5.22. The molecule has 1 amide bonds. The quantitative estimate of drug-likeness (QED) is 0.695. The van der Waals surface area contributed by atoms with Crippen LogP contribution in [0, 0.1) is 6.92 Å². The van der Waals surface area contributed by atoms with Crippen molar-refractivity contribution in [3.63, 3.8) is 0 Å². The topological polar surface area (TPSA) is 73.1 Å². The Kier molecular flexibility index (Phi) is 4.18. The summed E-state index contributed by atoms with van der Waals surface area (Å²) in [6.45, 7) is 8.74. The average molecular weight is 377 g/mol. The smallest absolute Gasteiger partial charge is 0.261 e. The molecule has 1 aliphatic heterocycles. The second-order valence-electron chi connectivity index (χ2n) is 7.42. The molecule has 0 bridgehead atoms. The SMILES string of the molecule is CCn1cc(N2C(=O)c3c(C)cc(-c4cncc(OC)c4)nc3C2(C)C)cn1. The second-order valence-corrected chi connectivity index (χ2v) is 7.42. The zero-order chi connectivity index (χ0) is 20.1. The number of pyridine rings is 2. The summed E-state index contributed by atoms with van der Waals surface area (Å²) in [4.78, 5) is 24.2. The zero-order valence-corrected chi connectivity index (χ0v) is 16.7. The minimum atomic E-state index is -0.596. The van der Waals surface area contributed by atoms with E-state index < -0.39 is 5.54 Å². The van der Waals surface area contributed by atoms with E-state index in [0.717, 1.165) is 34.7 Å². The number of methoxy groups -OCH3 is 1. The molecular weight excluding hydrogens is 354 g/mol. The van der Waals surface area contributed by atoms with Gasteiger partial charge in [-0.1, -0.05) is 0 Å². The summed E-state index contributed by atoms with van der Waals surface area (Å²) < 4.78 is 7.10. The fourth-order valence-corrected chi connectivity index (χ4v) is 3.76. The number of hydrogen-bond donors (Lipinski definition) is 0. The number of carbonyl (C=O) groups excluding carboxylic acids is 1. The lowest BCUT2D eigenvalue weighted by atomic mass is 9.96. The third-order valence-electron chi connectivity index (χ3n) is 5.22. The molecule has 7 nitrogen and oxygen atoms in total. The number of carbonyl (C=O) groups is 1. The number of aromatic nitrogens is 4. The predicted molar refractivity (Wildman–Crippen MR) is 106 cm³/mol. The number of amides is 1. The normalized spacial score (nSPS) is 15.0. The van der Waals surface area contributed by atoms with Gasteiger partial charge in [-0.25, -0.2) is 4.98 Å². The van der Waals surface area contributed by atoms with Gasteiger partial charge in [0.2, 0.25) is 0 Å². The molecule has 144 valence electrons. The number of anilines is 1. The summed E-state index contributed by atoms with van der Waals surface area (Å²) in [7, 11) is 1.61. The van der Waals surface area contributed by atoms with E-state index in [1.54, 1.807) is 30.6 Å². The van der Waals surface area contributed by atoms with Crippen molar-refractivity contribution in [3.05, 3.63) is 53.7 Å². The van der Waals surface area contributed by atoms with Crippen LogP contribution in [0.15, 0.2) is 36.9 Å². The van der Waals surface area contributed by atoms with Gasteiger partial charge in [0.1, 0.15) is 5.75 Å². The first-order chi connectivity index (χ1) is 13.4. The molecule has 0 radical (unpaired) electrons. The van der Waals surface area contributed by atoms with Crippen LogP contribution in [0.1, 0.15) is 42.4 Å². The van der Waals surface area contributed by atoms with Crippen molar-refractivity contribution in [3.8, 4) is 17.0 Å². The molecule has 0 N–H and O–H groups in total. The summed E-state index contributed by atoms with van der Waals surface area (Å²) in [5.41, 5.74) is 4.13. The highest BCUT2D eigenvalue weighted by Gasteiger charge is 2.46. The summed E-state index contributed by atoms with van der Waals surface area (Å²) in [6.07, 6.45) is 7.04. The van der Waals surface area contributed by atoms with E-state index in [2.05, 4.69) is 10.1 Å². The van der Waals surface area contributed by atoms with Crippen LogP contribution in [0.3, 0.4) is 0 Å². The molecule has 7 heteroatoms. The van der Waals surface area contributed by atoms with Crippen molar-refractivity contribution in [2.75, 3.05) is 12.0 Å². The fourth-order valence-electron chi connectivity index (χ4n) is 3.76. The molecular formula is C21H23N5O2. The number of aryl methyl sites for hydroxylation is 2. The first-order valence-electron chi connectivity index (χ1n) is 9.25. The molecule has 28 heavy (non-hydrogen) atoms. The van der Waals surface area contributed by atoms with Gasteiger partial charge in [0, 0.05) is 24.5 Å². The molecule has 0 aliphatic carbocycles. The van der Waals surface area contributed by atoms with Crippen molar-refractivity contribution >= 4 is 11.6 Å². The molecule has 0 spiro atoms. The van der Waals surface area contributed by atoms with Gasteiger partial charge in [-0.2, -0.15) is 5.10 Å². The van der Waals surface area contributed by atoms with Crippen molar-refractivity contribution in [2.24, 2.45) is 0 Å². The lowest BCUT2D eigenvalue weighted by Crippen LogP contribution is -2.39. The van der Waals surface area contributed by atoms with Gasteiger partial charge in [0.15, 0.2) is 0 Å². The van der Waals surface area contributed by atoms with Crippen LogP contribution in [-0.2, 0) is 12.1 Å². The standard InChI is InChI=1S/C21H23N5O2/c1-6-25-12-15(10-23-25)26-20(27)18-13(2)7-17(24-19(18)21(26,3)4)14-8-16(28-5)11-22-9-14/h7-12H,6H2,1-5H3. The number of hydrogen-bond acceptors (Lipinski definition) is 5. The summed E-state index contributed by atoms with van der Waals surface area (Å²) in [5, 5.41) is 4.33. The van der Waals surface area contributed by atoms with Crippen molar-refractivity contribution in [2.45, 2.75) is 39.8 Å². The number of nitrogens with zero attached hydrogens (tertiary/aromatic N) is 5. The van der Waals surface area contributed by atoms with Crippen LogP contribution >= 0.6 is 0 Å². The molecule has 3 aromatic rings.